The van der Waals surface area contributed by atoms with Gasteiger partial charge in [-0.15, -0.1) is 11.3 Å². The summed E-state index contributed by atoms with van der Waals surface area (Å²) in [6.45, 7) is 7.98. The van der Waals surface area contributed by atoms with E-state index in [2.05, 4.69) is 60.4 Å². The van der Waals surface area contributed by atoms with Crippen molar-refractivity contribution in [1.82, 2.24) is 14.5 Å². The first-order valence-corrected chi connectivity index (χ1v) is 12.3. The van der Waals surface area contributed by atoms with Crippen LogP contribution in [-0.2, 0) is 6.54 Å². The Bertz CT molecular complexity index is 1300. The average molecular weight is 444 g/mol. The van der Waals surface area contributed by atoms with Crippen LogP contribution in [0.25, 0.3) is 32.7 Å². The summed E-state index contributed by atoms with van der Waals surface area (Å²) in [5, 5.41) is 0. The predicted octanol–water partition coefficient (Wildman–Crippen LogP) is 5.89. The lowest BCUT2D eigenvalue weighted by Crippen LogP contribution is -2.35. The van der Waals surface area contributed by atoms with Gasteiger partial charge < -0.3 is 4.90 Å². The van der Waals surface area contributed by atoms with Gasteiger partial charge in [-0.3, -0.25) is 9.36 Å². The monoisotopic (exact) mass is 443 g/mol. The smallest absolute Gasteiger partial charge is 0.271 e. The molecule has 1 aliphatic rings. The number of piperidine rings is 1. The number of nitrogens with zero attached hydrogens (tertiary/aromatic N) is 3. The van der Waals surface area contributed by atoms with Crippen LogP contribution in [0.5, 0.6) is 0 Å². The van der Waals surface area contributed by atoms with Crippen molar-refractivity contribution in [1.29, 1.82) is 0 Å². The van der Waals surface area contributed by atoms with Gasteiger partial charge in [0.15, 0.2) is 0 Å². The Morgan fingerprint density at radius 3 is 2.38 bits per heavy atom. The van der Waals surface area contributed by atoms with E-state index in [1.54, 1.807) is 11.3 Å². The second-order valence-corrected chi connectivity index (χ2v) is 10.1. The summed E-state index contributed by atoms with van der Waals surface area (Å²) < 4.78 is 2.66. The number of fused-ring (bicyclic) bond motifs is 1. The Morgan fingerprint density at radius 2 is 1.62 bits per heavy atom. The third-order valence-electron chi connectivity index (χ3n) is 6.34. The molecule has 3 heterocycles. The first-order valence-electron chi connectivity index (χ1n) is 11.5. The van der Waals surface area contributed by atoms with Crippen LogP contribution >= 0.6 is 11.3 Å². The van der Waals surface area contributed by atoms with Crippen molar-refractivity contribution in [3.05, 3.63) is 75.4 Å². The van der Waals surface area contributed by atoms with Crippen molar-refractivity contribution in [2.75, 3.05) is 19.6 Å². The van der Waals surface area contributed by atoms with E-state index < -0.39 is 0 Å². The highest BCUT2D eigenvalue weighted by molar-refractivity contribution is 7.18. The average Bonchev–Trinajstić information content (AvgIpc) is 3.20. The van der Waals surface area contributed by atoms with Gasteiger partial charge in [0, 0.05) is 23.5 Å². The molecule has 0 bridgehead atoms. The van der Waals surface area contributed by atoms with Crippen LogP contribution < -0.4 is 5.56 Å². The summed E-state index contributed by atoms with van der Waals surface area (Å²) in [6.07, 6.45) is 3.82. The standard InChI is InChI=1S/C27H29N3OS/c1-19-7-6-8-23(17-19)21-9-11-22(12-10-21)26-28-24-18-20(2)32-25(24)27(31)30(26)16-15-29-13-4-3-5-14-29/h6-12,17-18H,3-5,13-16H2,1-2H3. The summed E-state index contributed by atoms with van der Waals surface area (Å²) >= 11 is 1.55. The molecular weight excluding hydrogens is 414 g/mol. The van der Waals surface area contributed by atoms with Crippen molar-refractivity contribution in [2.45, 2.75) is 39.7 Å². The number of likely N-dealkylation sites (tertiary alicyclic amines) is 1. The molecule has 164 valence electrons. The summed E-state index contributed by atoms with van der Waals surface area (Å²) in [5.74, 6) is 0.771. The van der Waals surface area contributed by atoms with Crippen molar-refractivity contribution < 1.29 is 0 Å². The number of thiophene rings is 1. The van der Waals surface area contributed by atoms with Crippen LogP contribution in [0.15, 0.2) is 59.4 Å². The van der Waals surface area contributed by atoms with Gasteiger partial charge in [0.05, 0.1) is 5.52 Å². The number of hydrogen-bond acceptors (Lipinski definition) is 4. The van der Waals surface area contributed by atoms with Crippen molar-refractivity contribution in [2.24, 2.45) is 0 Å². The van der Waals surface area contributed by atoms with Gasteiger partial charge in [-0.05, 0) is 57.0 Å². The van der Waals surface area contributed by atoms with Crippen LogP contribution in [0.1, 0.15) is 29.7 Å². The van der Waals surface area contributed by atoms with E-state index in [0.717, 1.165) is 46.1 Å². The van der Waals surface area contributed by atoms with E-state index >= 15 is 0 Å². The fourth-order valence-electron chi connectivity index (χ4n) is 4.62. The number of aryl methyl sites for hydroxylation is 2. The van der Waals surface area contributed by atoms with Crippen molar-refractivity contribution >= 4 is 21.6 Å². The van der Waals surface area contributed by atoms with Gasteiger partial charge in [0.1, 0.15) is 10.5 Å². The van der Waals surface area contributed by atoms with Crippen molar-refractivity contribution in [3.63, 3.8) is 0 Å². The molecule has 0 radical (unpaired) electrons. The molecule has 0 aliphatic carbocycles. The lowest BCUT2D eigenvalue weighted by Gasteiger charge is -2.27. The third kappa shape index (κ3) is 4.27. The Labute approximate surface area is 193 Å². The normalized spacial score (nSPS) is 14.8. The minimum atomic E-state index is 0.0860. The number of rotatable bonds is 5. The SMILES string of the molecule is Cc1cccc(-c2ccc(-c3nc4cc(C)sc4c(=O)n3CCN3CCCCC3)cc2)c1. The molecule has 5 heteroatoms. The van der Waals surface area contributed by atoms with Gasteiger partial charge in [0.25, 0.3) is 5.56 Å². The minimum Gasteiger partial charge on any atom is -0.302 e. The molecule has 32 heavy (non-hydrogen) atoms. The number of benzene rings is 2. The van der Waals surface area contributed by atoms with Gasteiger partial charge >= 0.3 is 0 Å². The van der Waals surface area contributed by atoms with Crippen LogP contribution in [0, 0.1) is 13.8 Å². The van der Waals surface area contributed by atoms with E-state index in [4.69, 9.17) is 4.98 Å². The molecule has 2 aromatic carbocycles. The molecule has 4 aromatic rings. The van der Waals surface area contributed by atoms with Crippen LogP contribution in [0.2, 0.25) is 0 Å². The summed E-state index contributed by atoms with van der Waals surface area (Å²) in [6, 6.07) is 19.0. The largest absolute Gasteiger partial charge is 0.302 e. The van der Waals surface area contributed by atoms with Crippen LogP contribution in [-0.4, -0.2) is 34.1 Å². The predicted molar refractivity (Wildman–Crippen MR) is 135 cm³/mol. The Kier molecular flexibility index (Phi) is 5.94. The van der Waals surface area contributed by atoms with Gasteiger partial charge in [-0.25, -0.2) is 4.98 Å². The van der Waals surface area contributed by atoms with E-state index in [-0.39, 0.29) is 5.56 Å². The molecule has 2 aromatic heterocycles. The maximum Gasteiger partial charge on any atom is 0.271 e. The fraction of sp³-hybridized carbons (Fsp3) is 0.333. The van der Waals surface area contributed by atoms with E-state index in [1.165, 1.54) is 36.0 Å². The zero-order valence-corrected chi connectivity index (χ0v) is 19.6. The Morgan fingerprint density at radius 1 is 0.875 bits per heavy atom. The Balaban J connectivity index is 1.53. The molecule has 1 fully saturated rings. The topological polar surface area (TPSA) is 38.1 Å². The third-order valence-corrected chi connectivity index (χ3v) is 7.37. The molecule has 4 nitrogen and oxygen atoms in total. The molecule has 1 saturated heterocycles. The zero-order valence-electron chi connectivity index (χ0n) is 18.8. The molecule has 0 saturated carbocycles. The first kappa shape index (κ1) is 21.1. The van der Waals surface area contributed by atoms with Crippen LogP contribution in [0.3, 0.4) is 0 Å². The molecule has 0 amide bonds. The van der Waals surface area contributed by atoms with Gasteiger partial charge in [-0.1, -0.05) is 60.5 Å². The minimum absolute atomic E-state index is 0.0860. The van der Waals surface area contributed by atoms with E-state index in [9.17, 15) is 4.79 Å². The highest BCUT2D eigenvalue weighted by Gasteiger charge is 2.17. The molecule has 1 aliphatic heterocycles. The van der Waals surface area contributed by atoms with E-state index in [0.29, 0.717) is 6.54 Å². The summed E-state index contributed by atoms with van der Waals surface area (Å²) in [4.78, 5) is 22.0. The maximum absolute atomic E-state index is 13.4. The molecule has 0 spiro atoms. The summed E-state index contributed by atoms with van der Waals surface area (Å²) in [5.41, 5.74) is 5.51. The molecule has 5 rings (SSSR count). The number of hydrogen-bond donors (Lipinski definition) is 0. The lowest BCUT2D eigenvalue weighted by molar-refractivity contribution is 0.220. The van der Waals surface area contributed by atoms with Crippen molar-refractivity contribution in [3.8, 4) is 22.5 Å². The quantitative estimate of drug-likeness (QED) is 0.386. The lowest BCUT2D eigenvalue weighted by atomic mass is 10.0. The molecule has 0 N–H and O–H groups in total. The number of aromatic nitrogens is 2. The second kappa shape index (κ2) is 9.00. The van der Waals surface area contributed by atoms with Gasteiger partial charge in [0.2, 0.25) is 0 Å². The van der Waals surface area contributed by atoms with Crippen LogP contribution in [0.4, 0.5) is 0 Å². The van der Waals surface area contributed by atoms with E-state index in [1.807, 2.05) is 17.6 Å². The Hall–Kier alpha value is -2.76. The fourth-order valence-corrected chi connectivity index (χ4v) is 5.52. The summed E-state index contributed by atoms with van der Waals surface area (Å²) in [7, 11) is 0. The first-order chi connectivity index (χ1) is 15.6. The highest BCUT2D eigenvalue weighted by Crippen LogP contribution is 2.27. The highest BCUT2D eigenvalue weighted by atomic mass is 32.1. The zero-order chi connectivity index (χ0) is 22.1. The molecular formula is C27H29N3OS. The maximum atomic E-state index is 13.4. The van der Waals surface area contributed by atoms with Gasteiger partial charge in [-0.2, -0.15) is 0 Å². The second-order valence-electron chi connectivity index (χ2n) is 8.81. The molecule has 0 unspecified atom stereocenters. The molecule has 0 atom stereocenters.